The molecule has 0 fully saturated rings. The number of ether oxygens (including phenoxy) is 2. The van der Waals surface area contributed by atoms with E-state index >= 15 is 0 Å². The molecule has 3 aromatic carbocycles. The van der Waals surface area contributed by atoms with Gasteiger partial charge in [0.05, 0.1) is 12.8 Å². The first kappa shape index (κ1) is 23.1. The van der Waals surface area contributed by atoms with Crippen LogP contribution in [0.5, 0.6) is 5.75 Å². The van der Waals surface area contributed by atoms with Gasteiger partial charge >= 0.3 is 5.97 Å². The summed E-state index contributed by atoms with van der Waals surface area (Å²) in [6, 6.07) is 26.6. The fraction of sp³-hybridized carbons (Fsp3) is 0.185. The SMILES string of the molecule is COC(=O)CCc1ccc(OCc2ccc(CSc3nc(-c4ccccc4)cs3)cc2)cc1. The Kier molecular flexibility index (Phi) is 8.17. The van der Waals surface area contributed by atoms with Gasteiger partial charge in [-0.15, -0.1) is 11.3 Å². The van der Waals surface area contributed by atoms with Gasteiger partial charge in [0.15, 0.2) is 4.34 Å². The first-order chi connectivity index (χ1) is 16.2. The highest BCUT2D eigenvalue weighted by Gasteiger charge is 2.06. The van der Waals surface area contributed by atoms with Crippen LogP contribution in [0.1, 0.15) is 23.1 Å². The maximum atomic E-state index is 11.3. The zero-order valence-electron chi connectivity index (χ0n) is 18.4. The van der Waals surface area contributed by atoms with Gasteiger partial charge in [-0.05, 0) is 35.2 Å². The Bertz CT molecular complexity index is 1160. The number of hydrogen-bond acceptors (Lipinski definition) is 6. The molecule has 168 valence electrons. The van der Waals surface area contributed by atoms with E-state index in [1.807, 2.05) is 42.5 Å². The Hall–Kier alpha value is -3.09. The van der Waals surface area contributed by atoms with Crippen molar-refractivity contribution in [2.24, 2.45) is 0 Å². The van der Waals surface area contributed by atoms with Crippen molar-refractivity contribution >= 4 is 29.1 Å². The number of benzene rings is 3. The van der Waals surface area contributed by atoms with E-state index in [1.165, 1.54) is 12.7 Å². The second-order valence-electron chi connectivity index (χ2n) is 7.48. The van der Waals surface area contributed by atoms with E-state index in [0.29, 0.717) is 19.4 Å². The van der Waals surface area contributed by atoms with Gasteiger partial charge in [0.2, 0.25) is 0 Å². The number of methoxy groups -OCH3 is 1. The van der Waals surface area contributed by atoms with Crippen LogP contribution < -0.4 is 4.74 Å². The van der Waals surface area contributed by atoms with Crippen LogP contribution >= 0.6 is 23.1 Å². The predicted octanol–water partition coefficient (Wildman–Crippen LogP) is 6.79. The Morgan fingerprint density at radius 3 is 2.33 bits per heavy atom. The first-order valence-electron chi connectivity index (χ1n) is 10.7. The van der Waals surface area contributed by atoms with E-state index in [4.69, 9.17) is 9.72 Å². The molecule has 33 heavy (non-hydrogen) atoms. The summed E-state index contributed by atoms with van der Waals surface area (Å²) in [6.45, 7) is 0.516. The van der Waals surface area contributed by atoms with Crippen LogP contribution in [0.3, 0.4) is 0 Å². The molecule has 0 atom stereocenters. The van der Waals surface area contributed by atoms with Crippen LogP contribution in [0.25, 0.3) is 11.3 Å². The number of thioether (sulfide) groups is 1. The molecule has 1 heterocycles. The summed E-state index contributed by atoms with van der Waals surface area (Å²) >= 11 is 3.45. The molecule has 0 saturated heterocycles. The monoisotopic (exact) mass is 475 g/mol. The summed E-state index contributed by atoms with van der Waals surface area (Å²) in [5.74, 6) is 1.51. The van der Waals surface area contributed by atoms with Gasteiger partial charge < -0.3 is 9.47 Å². The van der Waals surface area contributed by atoms with Gasteiger partial charge in [0, 0.05) is 23.1 Å². The van der Waals surface area contributed by atoms with Gasteiger partial charge in [0.25, 0.3) is 0 Å². The van der Waals surface area contributed by atoms with E-state index < -0.39 is 0 Å². The van der Waals surface area contributed by atoms with Gasteiger partial charge in [-0.3, -0.25) is 4.79 Å². The Labute approximate surface area is 202 Å². The van der Waals surface area contributed by atoms with Crippen molar-refractivity contribution in [3.63, 3.8) is 0 Å². The Balaban J connectivity index is 1.23. The number of rotatable bonds is 10. The smallest absolute Gasteiger partial charge is 0.305 e. The van der Waals surface area contributed by atoms with Gasteiger partial charge in [-0.2, -0.15) is 0 Å². The molecule has 0 aliphatic rings. The van der Waals surface area contributed by atoms with E-state index in [9.17, 15) is 4.79 Å². The van der Waals surface area contributed by atoms with E-state index in [2.05, 4.69) is 46.5 Å². The van der Waals surface area contributed by atoms with Crippen molar-refractivity contribution in [2.45, 2.75) is 29.5 Å². The molecule has 0 amide bonds. The van der Waals surface area contributed by atoms with Crippen molar-refractivity contribution in [3.8, 4) is 17.0 Å². The highest BCUT2D eigenvalue weighted by atomic mass is 32.2. The summed E-state index contributed by atoms with van der Waals surface area (Å²) in [5, 5.41) is 2.11. The standard InChI is InChI=1S/C27H25NO3S2/c1-30-26(29)16-13-20-11-14-24(15-12-20)31-17-21-7-9-22(10-8-21)18-32-27-28-25(19-33-27)23-5-3-2-4-6-23/h2-12,14-15,19H,13,16-18H2,1H3. The van der Waals surface area contributed by atoms with Crippen molar-refractivity contribution in [1.82, 2.24) is 4.98 Å². The number of aryl methyl sites for hydroxylation is 1. The fourth-order valence-corrected chi connectivity index (χ4v) is 5.00. The average molecular weight is 476 g/mol. The van der Waals surface area contributed by atoms with Crippen molar-refractivity contribution < 1.29 is 14.3 Å². The molecule has 0 saturated carbocycles. The maximum Gasteiger partial charge on any atom is 0.305 e. The number of nitrogens with zero attached hydrogens (tertiary/aromatic N) is 1. The molecule has 0 radical (unpaired) electrons. The zero-order chi connectivity index (χ0) is 22.9. The third-order valence-electron chi connectivity index (χ3n) is 5.11. The molecule has 4 rings (SSSR count). The fourth-order valence-electron chi connectivity index (χ4n) is 3.21. The largest absolute Gasteiger partial charge is 0.489 e. The lowest BCUT2D eigenvalue weighted by atomic mass is 10.1. The Morgan fingerprint density at radius 2 is 1.61 bits per heavy atom. The second-order valence-corrected chi connectivity index (χ2v) is 9.56. The number of hydrogen-bond donors (Lipinski definition) is 0. The first-order valence-corrected chi connectivity index (χ1v) is 12.6. The minimum Gasteiger partial charge on any atom is -0.489 e. The normalized spacial score (nSPS) is 10.7. The number of carbonyl (C=O) groups is 1. The van der Waals surface area contributed by atoms with E-state index in [-0.39, 0.29) is 5.97 Å². The van der Waals surface area contributed by atoms with E-state index in [0.717, 1.165) is 38.2 Å². The van der Waals surface area contributed by atoms with Gasteiger partial charge in [0.1, 0.15) is 12.4 Å². The third-order valence-corrected chi connectivity index (χ3v) is 7.20. The molecule has 4 nitrogen and oxygen atoms in total. The molecule has 0 unspecified atom stereocenters. The molecule has 1 aromatic heterocycles. The summed E-state index contributed by atoms with van der Waals surface area (Å²) in [6.07, 6.45) is 1.05. The van der Waals surface area contributed by atoms with Crippen LogP contribution in [-0.4, -0.2) is 18.1 Å². The molecule has 4 aromatic rings. The lowest BCUT2D eigenvalue weighted by Gasteiger charge is -2.08. The van der Waals surface area contributed by atoms with Crippen LogP contribution in [0.15, 0.2) is 88.6 Å². The number of aromatic nitrogens is 1. The quantitative estimate of drug-likeness (QED) is 0.187. The van der Waals surface area contributed by atoms with Crippen LogP contribution in [-0.2, 0) is 28.3 Å². The minimum atomic E-state index is -0.194. The van der Waals surface area contributed by atoms with E-state index in [1.54, 1.807) is 23.1 Å². The summed E-state index contributed by atoms with van der Waals surface area (Å²) in [4.78, 5) is 16.0. The predicted molar refractivity (Wildman–Crippen MR) is 135 cm³/mol. The van der Waals surface area contributed by atoms with Gasteiger partial charge in [-0.1, -0.05) is 78.5 Å². The zero-order valence-corrected chi connectivity index (χ0v) is 20.0. The number of esters is 1. The second kappa shape index (κ2) is 11.7. The molecule has 6 heteroatoms. The van der Waals surface area contributed by atoms with Crippen molar-refractivity contribution in [3.05, 3.63) is 101 Å². The summed E-state index contributed by atoms with van der Waals surface area (Å²) in [5.41, 5.74) is 5.66. The lowest BCUT2D eigenvalue weighted by molar-refractivity contribution is -0.140. The van der Waals surface area contributed by atoms with Crippen molar-refractivity contribution in [1.29, 1.82) is 0 Å². The Morgan fingerprint density at radius 1 is 0.909 bits per heavy atom. The third kappa shape index (κ3) is 6.94. The molecule has 0 spiro atoms. The highest BCUT2D eigenvalue weighted by Crippen LogP contribution is 2.30. The number of carbonyl (C=O) groups excluding carboxylic acids is 1. The molecule has 0 bridgehead atoms. The summed E-state index contributed by atoms with van der Waals surface area (Å²) < 4.78 is 11.7. The van der Waals surface area contributed by atoms with Crippen molar-refractivity contribution in [2.75, 3.05) is 7.11 Å². The maximum absolute atomic E-state index is 11.3. The molecule has 0 aliphatic heterocycles. The topological polar surface area (TPSA) is 48.4 Å². The average Bonchev–Trinajstić information content (AvgIpc) is 3.36. The van der Waals surface area contributed by atoms with Crippen LogP contribution in [0.4, 0.5) is 0 Å². The molecular weight excluding hydrogens is 450 g/mol. The molecular formula is C27H25NO3S2. The van der Waals surface area contributed by atoms with Crippen LogP contribution in [0, 0.1) is 0 Å². The van der Waals surface area contributed by atoms with Gasteiger partial charge in [-0.25, -0.2) is 4.98 Å². The summed E-state index contributed by atoms with van der Waals surface area (Å²) in [7, 11) is 1.41. The lowest BCUT2D eigenvalue weighted by Crippen LogP contribution is -2.02. The molecule has 0 N–H and O–H groups in total. The number of thiazole rings is 1. The molecule has 0 aliphatic carbocycles. The minimum absolute atomic E-state index is 0.194. The highest BCUT2D eigenvalue weighted by molar-refractivity contribution is 8.00. The van der Waals surface area contributed by atoms with Crippen LogP contribution in [0.2, 0.25) is 0 Å².